The number of hydrogen-bond donors (Lipinski definition) is 4. The van der Waals surface area contributed by atoms with E-state index in [9.17, 15) is 0 Å². The van der Waals surface area contributed by atoms with Gasteiger partial charge in [-0.2, -0.15) is 0 Å². The Labute approximate surface area is 176 Å². The molecular weight excluding hydrogens is 376 g/mol. The van der Waals surface area contributed by atoms with Gasteiger partial charge in [0.25, 0.3) is 0 Å². The fourth-order valence-corrected chi connectivity index (χ4v) is 3.67. The van der Waals surface area contributed by atoms with Gasteiger partial charge in [-0.25, -0.2) is 9.97 Å². The molecule has 2 aliphatic rings. The first-order valence-electron chi connectivity index (χ1n) is 10.2. The lowest BCUT2D eigenvalue weighted by Crippen LogP contribution is -2.40. The summed E-state index contributed by atoms with van der Waals surface area (Å²) in [5.74, 6) is 0.729. The number of rotatable bonds is 5. The van der Waals surface area contributed by atoms with E-state index in [-0.39, 0.29) is 12.2 Å². The molecule has 0 aliphatic carbocycles. The fraction of sp³-hybridized carbons (Fsp3) is 0.318. The first-order valence-corrected chi connectivity index (χ1v) is 10.2. The van der Waals surface area contributed by atoms with Crippen LogP contribution in [0.3, 0.4) is 0 Å². The predicted octanol–water partition coefficient (Wildman–Crippen LogP) is 2.02. The van der Waals surface area contributed by atoms with Crippen molar-refractivity contribution in [3.05, 3.63) is 54.4 Å². The molecule has 1 aromatic heterocycles. The van der Waals surface area contributed by atoms with Crippen LogP contribution >= 0.6 is 0 Å². The van der Waals surface area contributed by atoms with Gasteiger partial charge < -0.3 is 26.6 Å². The second kappa shape index (κ2) is 8.54. The summed E-state index contributed by atoms with van der Waals surface area (Å²) in [5, 5.41) is 10.7. The maximum atomic E-state index is 7.42. The van der Waals surface area contributed by atoms with E-state index in [0.29, 0.717) is 0 Å². The summed E-state index contributed by atoms with van der Waals surface area (Å²) in [6.07, 6.45) is 11.0. The average molecular weight is 405 g/mol. The molecule has 6 N–H and O–H groups in total. The molecule has 1 unspecified atom stereocenters. The van der Waals surface area contributed by atoms with Gasteiger partial charge in [0.15, 0.2) is 0 Å². The maximum Gasteiger partial charge on any atom is 0.225 e. The molecule has 156 valence electrons. The third-order valence-corrected chi connectivity index (χ3v) is 5.60. The second-order valence-electron chi connectivity index (χ2n) is 7.74. The average Bonchev–Trinajstić information content (AvgIpc) is 2.79. The summed E-state index contributed by atoms with van der Waals surface area (Å²) in [6, 6.07) is 8.01. The summed E-state index contributed by atoms with van der Waals surface area (Å²) in [7, 11) is 1.86. The number of aromatic nitrogens is 2. The summed E-state index contributed by atoms with van der Waals surface area (Å²) < 4.78 is 0. The van der Waals surface area contributed by atoms with Crippen LogP contribution in [0.15, 0.2) is 48.8 Å². The first-order chi connectivity index (χ1) is 14.5. The molecule has 2 aromatic rings. The van der Waals surface area contributed by atoms with E-state index in [2.05, 4.69) is 15.2 Å². The smallest absolute Gasteiger partial charge is 0.225 e. The zero-order valence-corrected chi connectivity index (χ0v) is 17.1. The molecule has 1 fully saturated rings. The summed E-state index contributed by atoms with van der Waals surface area (Å²) >= 11 is 0. The molecule has 3 heterocycles. The number of piperidine rings is 1. The van der Waals surface area contributed by atoms with Gasteiger partial charge in [-0.15, -0.1) is 0 Å². The Kier molecular flexibility index (Phi) is 5.67. The van der Waals surface area contributed by atoms with Crippen molar-refractivity contribution in [2.45, 2.75) is 25.0 Å². The van der Waals surface area contributed by atoms with Crippen molar-refractivity contribution >= 4 is 23.5 Å². The number of benzene rings is 1. The van der Waals surface area contributed by atoms with E-state index in [1.54, 1.807) is 4.90 Å². The number of nitrogens with zero attached hydrogens (tertiary/aromatic N) is 4. The van der Waals surface area contributed by atoms with Gasteiger partial charge >= 0.3 is 0 Å². The van der Waals surface area contributed by atoms with Crippen LogP contribution in [-0.2, 0) is 0 Å². The van der Waals surface area contributed by atoms with Gasteiger partial charge in [-0.3, -0.25) is 5.41 Å². The highest BCUT2D eigenvalue weighted by Gasteiger charge is 2.21. The highest BCUT2D eigenvalue weighted by molar-refractivity contribution is 5.84. The van der Waals surface area contributed by atoms with Crippen molar-refractivity contribution in [3.8, 4) is 11.3 Å². The van der Waals surface area contributed by atoms with E-state index in [0.717, 1.165) is 60.0 Å². The van der Waals surface area contributed by atoms with Gasteiger partial charge in [0.2, 0.25) is 5.95 Å². The van der Waals surface area contributed by atoms with Crippen molar-refractivity contribution in [2.75, 3.05) is 30.8 Å². The molecule has 0 bridgehead atoms. The van der Waals surface area contributed by atoms with E-state index in [1.807, 2.05) is 55.9 Å². The minimum Gasteiger partial charge on any atom is -0.399 e. The Morgan fingerprint density at radius 3 is 2.60 bits per heavy atom. The van der Waals surface area contributed by atoms with E-state index >= 15 is 0 Å². The van der Waals surface area contributed by atoms with E-state index < -0.39 is 0 Å². The minimum atomic E-state index is -0.0519. The molecular formula is C22H28N8. The number of likely N-dealkylation sites (N-methyl/N-ethyl adjacent to an activating group) is 1. The Morgan fingerprint density at radius 2 is 1.97 bits per heavy atom. The normalized spacial score (nSPS) is 19.2. The maximum absolute atomic E-state index is 7.42. The lowest BCUT2D eigenvalue weighted by molar-refractivity contribution is 0.401. The Morgan fingerprint density at radius 1 is 1.23 bits per heavy atom. The zero-order valence-electron chi connectivity index (χ0n) is 17.1. The van der Waals surface area contributed by atoms with Crippen LogP contribution in [0, 0.1) is 5.41 Å². The van der Waals surface area contributed by atoms with Gasteiger partial charge in [0.1, 0.15) is 6.17 Å². The topological polar surface area (TPSA) is 120 Å². The minimum absolute atomic E-state index is 0.0519. The zero-order chi connectivity index (χ0) is 21.1. The van der Waals surface area contributed by atoms with Crippen molar-refractivity contribution in [1.82, 2.24) is 20.2 Å². The molecule has 0 radical (unpaired) electrons. The van der Waals surface area contributed by atoms with Gasteiger partial charge in [0.05, 0.1) is 12.0 Å². The summed E-state index contributed by atoms with van der Waals surface area (Å²) in [5.41, 5.74) is 16.5. The van der Waals surface area contributed by atoms with Crippen LogP contribution in [0.1, 0.15) is 18.4 Å². The molecule has 0 saturated carbocycles. The molecule has 1 saturated heterocycles. The highest BCUT2D eigenvalue weighted by atomic mass is 15.3. The highest BCUT2D eigenvalue weighted by Crippen LogP contribution is 2.31. The Bertz CT molecular complexity index is 958. The monoisotopic (exact) mass is 404 g/mol. The van der Waals surface area contributed by atoms with Crippen molar-refractivity contribution < 1.29 is 0 Å². The lowest BCUT2D eigenvalue weighted by Gasteiger charge is -2.30. The number of dihydropyridines is 1. The molecule has 1 atom stereocenters. The quantitative estimate of drug-likeness (QED) is 0.342. The van der Waals surface area contributed by atoms with E-state index in [1.165, 1.54) is 6.34 Å². The van der Waals surface area contributed by atoms with Gasteiger partial charge in [-0.1, -0.05) is 18.2 Å². The van der Waals surface area contributed by atoms with Crippen molar-refractivity contribution in [1.29, 1.82) is 5.41 Å². The molecule has 30 heavy (non-hydrogen) atoms. The number of nitrogens with two attached hydrogens (primary N) is 2. The summed E-state index contributed by atoms with van der Waals surface area (Å²) in [6.45, 7) is 1.73. The third kappa shape index (κ3) is 4.13. The second-order valence-corrected chi connectivity index (χ2v) is 7.74. The Hall–Kier alpha value is -3.39. The molecule has 4 rings (SSSR count). The van der Waals surface area contributed by atoms with Crippen LogP contribution in [0.4, 0.5) is 11.6 Å². The number of anilines is 2. The van der Waals surface area contributed by atoms with Crippen molar-refractivity contribution in [3.63, 3.8) is 0 Å². The van der Waals surface area contributed by atoms with E-state index in [4.69, 9.17) is 21.9 Å². The number of hydrogen-bond acceptors (Lipinski definition) is 7. The molecule has 8 heteroatoms. The molecule has 0 amide bonds. The van der Waals surface area contributed by atoms with Crippen LogP contribution in [-0.4, -0.2) is 53.6 Å². The molecule has 0 spiro atoms. The summed E-state index contributed by atoms with van der Waals surface area (Å²) in [4.78, 5) is 13.6. The van der Waals surface area contributed by atoms with Gasteiger partial charge in [-0.05, 0) is 31.1 Å². The van der Waals surface area contributed by atoms with Crippen LogP contribution in [0.25, 0.3) is 16.8 Å². The fourth-order valence-electron chi connectivity index (χ4n) is 3.67. The van der Waals surface area contributed by atoms with Gasteiger partial charge in [0, 0.05) is 61.0 Å². The third-order valence-electron chi connectivity index (χ3n) is 5.60. The molecule has 8 nitrogen and oxygen atoms in total. The number of nitrogens with one attached hydrogen (secondary N) is 2. The van der Waals surface area contributed by atoms with Crippen molar-refractivity contribution in [2.24, 2.45) is 5.73 Å². The van der Waals surface area contributed by atoms with Crippen LogP contribution in [0.5, 0.6) is 0 Å². The predicted molar refractivity (Wildman–Crippen MR) is 122 cm³/mol. The number of nitrogen functional groups attached to an aromatic ring is 1. The number of allylic oxidation sites excluding steroid dienone is 2. The SMILES string of the molecule is CN(C=N)C1C=CC(c2cnc(N3CCC(N)CC3)nc2-c2ccc(N)cc2)=CN1. The molecule has 2 aliphatic heterocycles. The lowest BCUT2D eigenvalue weighted by atomic mass is 9.99. The largest absolute Gasteiger partial charge is 0.399 e. The molecule has 1 aromatic carbocycles. The van der Waals surface area contributed by atoms with Crippen LogP contribution in [0.2, 0.25) is 0 Å². The standard InChI is InChI=1S/C22H28N8/c1-29(14-23)20-7-4-16(12-26-20)19-13-27-22(30-10-8-18(25)9-11-30)28-21(19)15-2-5-17(24)6-3-15/h2-7,12-14,18,20,23,26H,8-11,24-25H2,1H3. The van der Waals surface area contributed by atoms with Crippen LogP contribution < -0.4 is 21.7 Å². The Balaban J connectivity index is 1.69. The first kappa shape index (κ1) is 19.9.